The molecule has 2 heterocycles. The van der Waals surface area contributed by atoms with Crippen LogP contribution in [0.4, 0.5) is 0 Å². The molecule has 0 saturated carbocycles. The van der Waals surface area contributed by atoms with Crippen molar-refractivity contribution < 1.29 is 19.0 Å². The van der Waals surface area contributed by atoms with Crippen molar-refractivity contribution in [2.75, 3.05) is 27.3 Å². The maximum absolute atomic E-state index is 14.4. The van der Waals surface area contributed by atoms with Crippen molar-refractivity contribution in [1.82, 2.24) is 9.47 Å². The van der Waals surface area contributed by atoms with E-state index in [-0.39, 0.29) is 18.1 Å². The first kappa shape index (κ1) is 33.6. The van der Waals surface area contributed by atoms with E-state index in [1.807, 2.05) is 13.8 Å². The molecule has 240 valence electrons. The Bertz CT molecular complexity index is 2020. The normalized spacial score (nSPS) is 14.5. The van der Waals surface area contributed by atoms with Gasteiger partial charge >= 0.3 is 0 Å². The smallest absolute Gasteiger partial charge is 0.271 e. The number of likely N-dealkylation sites (N-methyl/N-ethyl adjacent to an activating group) is 1. The number of aromatic nitrogens is 1. The highest BCUT2D eigenvalue weighted by molar-refractivity contribution is 7.07. The lowest BCUT2D eigenvalue weighted by atomic mass is 9.93. The Labute approximate surface area is 285 Å². The number of carbonyl (C=O) groups excluding carboxylic acids is 1. The van der Waals surface area contributed by atoms with Crippen molar-refractivity contribution in [3.63, 3.8) is 0 Å². The van der Waals surface area contributed by atoms with E-state index in [2.05, 4.69) is 0 Å². The topological polar surface area (TPSA) is 82.4 Å². The van der Waals surface area contributed by atoms with Crippen molar-refractivity contribution in [3.05, 3.63) is 117 Å². The van der Waals surface area contributed by atoms with E-state index in [0.29, 0.717) is 77.1 Å². The summed E-state index contributed by atoms with van der Waals surface area (Å²) in [5, 5.41) is 1.48. The number of hydrogen-bond acceptors (Lipinski definition) is 7. The number of carbonyl (C=O) groups is 1. The summed E-state index contributed by atoms with van der Waals surface area (Å²) in [5.41, 5.74) is 2.52. The van der Waals surface area contributed by atoms with Gasteiger partial charge in [-0.15, -0.1) is 0 Å². The van der Waals surface area contributed by atoms with Crippen LogP contribution in [0.25, 0.3) is 6.08 Å². The third kappa shape index (κ3) is 6.69. The second kappa shape index (κ2) is 14.3. The minimum absolute atomic E-state index is 0.172. The van der Waals surface area contributed by atoms with Crippen molar-refractivity contribution in [3.8, 4) is 17.2 Å². The van der Waals surface area contributed by atoms with Gasteiger partial charge in [-0.05, 0) is 75.4 Å². The molecule has 0 saturated heterocycles. The molecule has 46 heavy (non-hydrogen) atoms. The number of methoxy groups -OCH3 is 2. The standard InChI is InChI=1S/C34H32Cl3N3O5S/c1-6-39(7-2)33(42)30-19(3)38-34-40(31(30)25-17-24(43-4)11-13-28(25)44-5)32(41)29(46-34)15-21-14-22(35)10-12-27(21)45-18-20-8-9-23(36)16-26(20)37/h8-17,31H,6-7,18H2,1-5H3/b29-15+/t31-/m1/s1. The molecule has 5 rings (SSSR count). The summed E-state index contributed by atoms with van der Waals surface area (Å²) >= 11 is 20.0. The summed E-state index contributed by atoms with van der Waals surface area (Å²) in [7, 11) is 3.11. The maximum Gasteiger partial charge on any atom is 0.271 e. The molecule has 0 bridgehead atoms. The van der Waals surface area contributed by atoms with E-state index in [9.17, 15) is 9.59 Å². The third-order valence-corrected chi connectivity index (χ3v) is 9.50. The van der Waals surface area contributed by atoms with Crippen LogP contribution in [-0.2, 0) is 11.4 Å². The van der Waals surface area contributed by atoms with Gasteiger partial charge in [0.15, 0.2) is 4.80 Å². The summed E-state index contributed by atoms with van der Waals surface area (Å²) < 4.78 is 19.3. The Morgan fingerprint density at radius 3 is 2.35 bits per heavy atom. The SMILES string of the molecule is CCN(CC)C(=O)C1=C(C)N=c2s/c(=C/c3cc(Cl)ccc3OCc3ccc(Cl)cc3Cl)c(=O)n2[C@@H]1c1cc(OC)ccc1OC. The number of allylic oxidation sites excluding steroid dienone is 1. The van der Waals surface area contributed by atoms with E-state index in [1.165, 1.54) is 11.3 Å². The average Bonchev–Trinajstić information content (AvgIpc) is 3.34. The molecule has 0 spiro atoms. The van der Waals surface area contributed by atoms with Gasteiger partial charge < -0.3 is 19.1 Å². The van der Waals surface area contributed by atoms with Crippen molar-refractivity contribution in [1.29, 1.82) is 0 Å². The molecular formula is C34H32Cl3N3O5S. The summed E-state index contributed by atoms with van der Waals surface area (Å²) in [4.78, 5) is 35.3. The molecule has 0 unspecified atom stereocenters. The zero-order valence-corrected chi connectivity index (χ0v) is 29.0. The lowest BCUT2D eigenvalue weighted by Crippen LogP contribution is -2.43. The van der Waals surface area contributed by atoms with Gasteiger partial charge in [0.2, 0.25) is 0 Å². The number of nitrogens with zero attached hydrogens (tertiary/aromatic N) is 3. The first-order chi connectivity index (χ1) is 22.1. The molecular weight excluding hydrogens is 669 g/mol. The van der Waals surface area contributed by atoms with Gasteiger partial charge in [0.25, 0.3) is 11.5 Å². The van der Waals surface area contributed by atoms with Gasteiger partial charge in [0.1, 0.15) is 29.9 Å². The zero-order valence-electron chi connectivity index (χ0n) is 25.9. The molecule has 0 fully saturated rings. The lowest BCUT2D eigenvalue weighted by Gasteiger charge is -2.30. The molecule has 1 aliphatic rings. The minimum Gasteiger partial charge on any atom is -0.497 e. The maximum atomic E-state index is 14.4. The summed E-state index contributed by atoms with van der Waals surface area (Å²) in [6.45, 7) is 6.79. The van der Waals surface area contributed by atoms with Crippen LogP contribution in [-0.4, -0.2) is 42.7 Å². The van der Waals surface area contributed by atoms with Gasteiger partial charge in [-0.2, -0.15) is 0 Å². The highest BCUT2D eigenvalue weighted by atomic mass is 35.5. The fourth-order valence-corrected chi connectivity index (χ4v) is 7.00. The van der Waals surface area contributed by atoms with Crippen LogP contribution in [0.15, 0.2) is 75.7 Å². The molecule has 4 aromatic rings. The molecule has 1 aliphatic heterocycles. The Hall–Kier alpha value is -3.76. The largest absolute Gasteiger partial charge is 0.497 e. The van der Waals surface area contributed by atoms with Crippen molar-refractivity contribution in [2.45, 2.75) is 33.4 Å². The van der Waals surface area contributed by atoms with Crippen LogP contribution in [0.5, 0.6) is 17.2 Å². The number of fused-ring (bicyclic) bond motifs is 1. The average molecular weight is 701 g/mol. The number of halogens is 3. The van der Waals surface area contributed by atoms with Crippen molar-refractivity contribution in [2.24, 2.45) is 4.99 Å². The summed E-state index contributed by atoms with van der Waals surface area (Å²) in [6, 6.07) is 14.9. The Morgan fingerprint density at radius 2 is 1.67 bits per heavy atom. The van der Waals surface area contributed by atoms with Crippen LogP contribution in [0.3, 0.4) is 0 Å². The first-order valence-corrected chi connectivity index (χ1v) is 16.4. The molecule has 12 heteroatoms. The molecule has 1 aromatic heterocycles. The van der Waals surface area contributed by atoms with Crippen LogP contribution in [0.2, 0.25) is 15.1 Å². The third-order valence-electron chi connectivity index (χ3n) is 7.69. The number of thiazole rings is 1. The Balaban J connectivity index is 1.68. The first-order valence-electron chi connectivity index (χ1n) is 14.5. The number of benzene rings is 3. The number of amides is 1. The summed E-state index contributed by atoms with van der Waals surface area (Å²) in [6.07, 6.45) is 1.72. The lowest BCUT2D eigenvalue weighted by molar-refractivity contribution is -0.127. The molecule has 8 nitrogen and oxygen atoms in total. The van der Waals surface area contributed by atoms with Gasteiger partial charge in [-0.25, -0.2) is 4.99 Å². The molecule has 3 aromatic carbocycles. The van der Waals surface area contributed by atoms with Gasteiger partial charge in [0.05, 0.1) is 30.0 Å². The van der Waals surface area contributed by atoms with Crippen LogP contribution >= 0.6 is 46.1 Å². The van der Waals surface area contributed by atoms with Crippen LogP contribution < -0.4 is 29.1 Å². The molecule has 1 atom stereocenters. The van der Waals surface area contributed by atoms with Gasteiger partial charge in [-0.1, -0.05) is 52.2 Å². The number of hydrogen-bond donors (Lipinski definition) is 0. The van der Waals surface area contributed by atoms with Crippen molar-refractivity contribution >= 4 is 58.1 Å². The van der Waals surface area contributed by atoms with Gasteiger partial charge in [-0.3, -0.25) is 14.2 Å². The van der Waals surface area contributed by atoms with Gasteiger partial charge in [0, 0.05) is 44.8 Å². The van der Waals surface area contributed by atoms with E-state index >= 15 is 0 Å². The fourth-order valence-electron chi connectivity index (χ4n) is 5.32. The summed E-state index contributed by atoms with van der Waals surface area (Å²) in [5.74, 6) is 1.36. The van der Waals surface area contributed by atoms with E-state index in [1.54, 1.807) is 91.3 Å². The van der Waals surface area contributed by atoms with Crippen LogP contribution in [0, 0.1) is 0 Å². The quantitative estimate of drug-likeness (QED) is 0.185. The van der Waals surface area contributed by atoms with Crippen LogP contribution in [0.1, 0.15) is 43.5 Å². The predicted molar refractivity (Wildman–Crippen MR) is 183 cm³/mol. The van der Waals surface area contributed by atoms with E-state index in [0.717, 1.165) is 5.56 Å². The Kier molecular flexibility index (Phi) is 10.5. The van der Waals surface area contributed by atoms with E-state index < -0.39 is 6.04 Å². The highest BCUT2D eigenvalue weighted by Crippen LogP contribution is 2.38. The monoisotopic (exact) mass is 699 g/mol. The minimum atomic E-state index is -0.821. The Morgan fingerprint density at radius 1 is 0.978 bits per heavy atom. The molecule has 0 N–H and O–H groups in total. The fraction of sp³-hybridized carbons (Fsp3) is 0.265. The number of ether oxygens (including phenoxy) is 3. The van der Waals surface area contributed by atoms with E-state index in [4.69, 9.17) is 54.0 Å². The zero-order chi connectivity index (χ0) is 33.1. The molecule has 0 radical (unpaired) electrons. The molecule has 1 amide bonds. The molecule has 0 aliphatic carbocycles. The second-order valence-electron chi connectivity index (χ2n) is 10.4. The highest BCUT2D eigenvalue weighted by Gasteiger charge is 2.36. The predicted octanol–water partition coefficient (Wildman–Crippen LogP) is 6.66. The second-order valence-corrected chi connectivity index (χ2v) is 12.7. The number of rotatable bonds is 10.